The minimum absolute atomic E-state index is 0.0906. The second kappa shape index (κ2) is 8.28. The molecule has 26 heavy (non-hydrogen) atoms. The number of halogens is 2. The van der Waals surface area contributed by atoms with Gasteiger partial charge < -0.3 is 4.74 Å². The minimum Gasteiger partial charge on any atom is -0.458 e. The summed E-state index contributed by atoms with van der Waals surface area (Å²) in [5, 5.41) is 0.934. The van der Waals surface area contributed by atoms with E-state index in [1.807, 2.05) is 0 Å². The van der Waals surface area contributed by atoms with Crippen LogP contribution < -0.4 is 0 Å². The average Bonchev–Trinajstić information content (AvgIpc) is 2.54. The molecule has 2 nitrogen and oxygen atoms in total. The minimum atomic E-state index is -0.394. The van der Waals surface area contributed by atoms with Crippen LogP contribution >= 0.6 is 23.2 Å². The van der Waals surface area contributed by atoms with Crippen LogP contribution in [0, 0.1) is 13.8 Å². The van der Waals surface area contributed by atoms with Gasteiger partial charge in [0.1, 0.15) is 6.61 Å². The van der Waals surface area contributed by atoms with Crippen LogP contribution in [0.25, 0.3) is 6.08 Å². The van der Waals surface area contributed by atoms with E-state index in [1.54, 1.807) is 24.3 Å². The molecule has 0 heterocycles. The van der Waals surface area contributed by atoms with Crippen molar-refractivity contribution >= 4 is 35.2 Å². The molecule has 0 unspecified atom stereocenters. The van der Waals surface area contributed by atoms with Gasteiger partial charge >= 0.3 is 5.97 Å². The first-order valence-electron chi connectivity index (χ1n) is 8.48. The number of hydrogen-bond acceptors (Lipinski definition) is 2. The molecule has 2 aromatic carbocycles. The fourth-order valence-corrected chi connectivity index (χ4v) is 2.93. The SMILES string of the molecule is Cc1cc(C(C)(C)C)cc(C)c1COC(=O)C=Cc1ccc(Cl)c(Cl)c1. The van der Waals surface area contributed by atoms with Crippen molar-refractivity contribution in [1.29, 1.82) is 0 Å². The molecule has 0 saturated heterocycles. The lowest BCUT2D eigenvalue weighted by atomic mass is 9.84. The third kappa shape index (κ3) is 5.36. The molecule has 0 aromatic heterocycles. The molecule has 0 fully saturated rings. The lowest BCUT2D eigenvalue weighted by molar-refractivity contribution is -0.138. The third-order valence-electron chi connectivity index (χ3n) is 4.28. The number of carbonyl (C=O) groups is 1. The molecule has 0 radical (unpaired) electrons. The number of esters is 1. The van der Waals surface area contributed by atoms with Gasteiger partial charge in [-0.25, -0.2) is 4.79 Å². The largest absolute Gasteiger partial charge is 0.458 e. The van der Waals surface area contributed by atoms with Crippen LogP contribution in [0.2, 0.25) is 10.0 Å². The van der Waals surface area contributed by atoms with Crippen LogP contribution in [-0.4, -0.2) is 5.97 Å². The number of rotatable bonds is 4. The summed E-state index contributed by atoms with van der Waals surface area (Å²) in [5.41, 5.74) is 5.48. The van der Waals surface area contributed by atoms with Gasteiger partial charge in [-0.05, 0) is 65.3 Å². The maximum absolute atomic E-state index is 12.0. The number of carbonyl (C=O) groups excluding carboxylic acids is 1. The van der Waals surface area contributed by atoms with Gasteiger partial charge in [-0.2, -0.15) is 0 Å². The van der Waals surface area contributed by atoms with E-state index in [1.165, 1.54) is 11.6 Å². The quantitative estimate of drug-likeness (QED) is 0.430. The van der Waals surface area contributed by atoms with Crippen molar-refractivity contribution in [3.8, 4) is 0 Å². The predicted molar refractivity (Wildman–Crippen MR) is 110 cm³/mol. The molecule has 0 aliphatic heterocycles. The Hall–Kier alpha value is -1.77. The zero-order valence-electron chi connectivity index (χ0n) is 15.8. The molecule has 0 aliphatic carbocycles. The zero-order valence-corrected chi connectivity index (χ0v) is 17.3. The maximum Gasteiger partial charge on any atom is 0.331 e. The molecule has 0 atom stereocenters. The van der Waals surface area contributed by atoms with Crippen molar-refractivity contribution in [3.05, 3.63) is 74.3 Å². The molecule has 2 rings (SSSR count). The topological polar surface area (TPSA) is 26.3 Å². The summed E-state index contributed by atoms with van der Waals surface area (Å²) in [7, 11) is 0. The summed E-state index contributed by atoms with van der Waals surface area (Å²) in [6.45, 7) is 10.9. The van der Waals surface area contributed by atoms with Gasteiger partial charge in [0.25, 0.3) is 0 Å². The van der Waals surface area contributed by atoms with Gasteiger partial charge in [-0.1, -0.05) is 62.2 Å². The lowest BCUT2D eigenvalue weighted by Gasteiger charge is -2.22. The highest BCUT2D eigenvalue weighted by Gasteiger charge is 2.16. The molecule has 0 spiro atoms. The number of hydrogen-bond donors (Lipinski definition) is 0. The highest BCUT2D eigenvalue weighted by molar-refractivity contribution is 6.42. The fourth-order valence-electron chi connectivity index (χ4n) is 2.63. The van der Waals surface area contributed by atoms with E-state index in [9.17, 15) is 4.79 Å². The fraction of sp³-hybridized carbons (Fsp3) is 0.318. The summed E-state index contributed by atoms with van der Waals surface area (Å²) in [4.78, 5) is 12.0. The van der Waals surface area contributed by atoms with Crippen LogP contribution in [0.3, 0.4) is 0 Å². The summed E-state index contributed by atoms with van der Waals surface area (Å²) in [6, 6.07) is 9.52. The van der Waals surface area contributed by atoms with E-state index in [0.717, 1.165) is 22.3 Å². The molecular weight excluding hydrogens is 367 g/mol. The standard InChI is InChI=1S/C22H24Cl2O2/c1-14-10-17(22(3,4)5)11-15(2)18(14)13-26-21(25)9-7-16-6-8-19(23)20(24)12-16/h6-12H,13H2,1-5H3. The Morgan fingerprint density at radius 1 is 1.04 bits per heavy atom. The van der Waals surface area contributed by atoms with Crippen LogP contribution in [0.5, 0.6) is 0 Å². The number of benzene rings is 2. The molecule has 0 bridgehead atoms. The normalized spacial score (nSPS) is 11.8. The Bertz CT molecular complexity index is 823. The van der Waals surface area contributed by atoms with Crippen molar-refractivity contribution in [2.24, 2.45) is 0 Å². The monoisotopic (exact) mass is 390 g/mol. The number of ether oxygens (including phenoxy) is 1. The van der Waals surface area contributed by atoms with E-state index in [0.29, 0.717) is 10.0 Å². The van der Waals surface area contributed by atoms with Gasteiger partial charge in [0, 0.05) is 6.08 Å². The zero-order chi connectivity index (χ0) is 19.5. The summed E-state index contributed by atoms with van der Waals surface area (Å²) in [5.74, 6) is -0.394. The molecule has 0 N–H and O–H groups in total. The second-order valence-electron chi connectivity index (χ2n) is 7.45. The van der Waals surface area contributed by atoms with Gasteiger partial charge in [0.2, 0.25) is 0 Å². The Morgan fingerprint density at radius 2 is 1.65 bits per heavy atom. The Kier molecular flexibility index (Phi) is 6.54. The second-order valence-corrected chi connectivity index (χ2v) is 8.27. The highest BCUT2D eigenvalue weighted by atomic mass is 35.5. The van der Waals surface area contributed by atoms with Gasteiger partial charge in [0.15, 0.2) is 0 Å². The maximum atomic E-state index is 12.0. The first-order chi connectivity index (χ1) is 12.1. The molecule has 2 aromatic rings. The molecule has 0 amide bonds. The first-order valence-corrected chi connectivity index (χ1v) is 9.24. The van der Waals surface area contributed by atoms with Crippen LogP contribution in [0.1, 0.15) is 48.6 Å². The summed E-state index contributed by atoms with van der Waals surface area (Å²) >= 11 is 11.8. The van der Waals surface area contributed by atoms with Gasteiger partial charge in [-0.15, -0.1) is 0 Å². The van der Waals surface area contributed by atoms with Crippen molar-refractivity contribution in [3.63, 3.8) is 0 Å². The van der Waals surface area contributed by atoms with Crippen LogP contribution in [-0.2, 0) is 21.6 Å². The van der Waals surface area contributed by atoms with Crippen molar-refractivity contribution in [2.75, 3.05) is 0 Å². The smallest absolute Gasteiger partial charge is 0.331 e. The average molecular weight is 391 g/mol. The van der Waals surface area contributed by atoms with Crippen LogP contribution in [0.4, 0.5) is 0 Å². The molecule has 4 heteroatoms. The highest BCUT2D eigenvalue weighted by Crippen LogP contribution is 2.27. The van der Waals surface area contributed by atoms with Crippen molar-refractivity contribution in [1.82, 2.24) is 0 Å². The van der Waals surface area contributed by atoms with E-state index in [4.69, 9.17) is 27.9 Å². The van der Waals surface area contributed by atoms with Gasteiger partial charge in [0.05, 0.1) is 10.0 Å². The van der Waals surface area contributed by atoms with Crippen molar-refractivity contribution in [2.45, 2.75) is 46.6 Å². The van der Waals surface area contributed by atoms with E-state index < -0.39 is 5.97 Å². The first kappa shape index (κ1) is 20.5. The van der Waals surface area contributed by atoms with Crippen LogP contribution in [0.15, 0.2) is 36.4 Å². The van der Waals surface area contributed by atoms with Gasteiger partial charge in [-0.3, -0.25) is 0 Å². The molecule has 0 aliphatic rings. The Labute approximate surface area is 165 Å². The summed E-state index contributed by atoms with van der Waals surface area (Å²) in [6.07, 6.45) is 3.06. The third-order valence-corrected chi connectivity index (χ3v) is 5.02. The molecule has 138 valence electrons. The van der Waals surface area contributed by atoms with Crippen molar-refractivity contribution < 1.29 is 9.53 Å². The predicted octanol–water partition coefficient (Wildman–Crippen LogP) is 6.66. The van der Waals surface area contributed by atoms with E-state index in [-0.39, 0.29) is 12.0 Å². The Morgan fingerprint density at radius 3 is 2.19 bits per heavy atom. The molecular formula is C22H24Cl2O2. The lowest BCUT2D eigenvalue weighted by Crippen LogP contribution is -2.13. The summed E-state index contributed by atoms with van der Waals surface area (Å²) < 4.78 is 5.41. The molecule has 0 saturated carbocycles. The van der Waals surface area contributed by atoms with E-state index >= 15 is 0 Å². The number of aryl methyl sites for hydroxylation is 2. The Balaban J connectivity index is 2.05. The van der Waals surface area contributed by atoms with E-state index in [2.05, 4.69) is 46.8 Å².